The molecule has 3 rings (SSSR count). The molecule has 0 bridgehead atoms. The van der Waals surface area contributed by atoms with E-state index in [-0.39, 0.29) is 29.1 Å². The number of halogens is 1. The molecule has 23 heavy (non-hydrogen) atoms. The highest BCUT2D eigenvalue weighted by atomic mass is 19.1. The van der Waals surface area contributed by atoms with Crippen molar-refractivity contribution in [3.63, 3.8) is 0 Å². The van der Waals surface area contributed by atoms with E-state index in [2.05, 4.69) is 16.0 Å². The minimum atomic E-state index is -0.466. The third-order valence-corrected chi connectivity index (χ3v) is 3.51. The van der Waals surface area contributed by atoms with Gasteiger partial charge in [-0.3, -0.25) is 0 Å². The molecular weight excluding hydrogens is 299 g/mol. The van der Waals surface area contributed by atoms with Crippen molar-refractivity contribution >= 4 is 11.5 Å². The van der Waals surface area contributed by atoms with Gasteiger partial charge in [-0.25, -0.2) is 13.9 Å². The topological polar surface area (TPSA) is 85.7 Å². The van der Waals surface area contributed by atoms with Crippen LogP contribution < -0.4 is 5.73 Å². The van der Waals surface area contributed by atoms with E-state index in [9.17, 15) is 4.39 Å². The number of rotatable bonds is 1. The summed E-state index contributed by atoms with van der Waals surface area (Å²) in [5.41, 5.74) is 6.61. The lowest BCUT2D eigenvalue weighted by molar-refractivity contribution is -0.00535. The van der Waals surface area contributed by atoms with Crippen LogP contribution in [0.4, 0.5) is 10.3 Å². The molecule has 0 radical (unpaired) electrons. The summed E-state index contributed by atoms with van der Waals surface area (Å²) >= 11 is 0. The van der Waals surface area contributed by atoms with Crippen LogP contribution in [-0.4, -0.2) is 39.0 Å². The summed E-state index contributed by atoms with van der Waals surface area (Å²) in [5.74, 6) is 2.03. The van der Waals surface area contributed by atoms with Crippen molar-refractivity contribution in [1.82, 2.24) is 14.6 Å². The number of aliphatic hydroxyl groups excluding tert-OH is 1. The molecule has 1 fully saturated rings. The minimum absolute atomic E-state index is 0.0531. The molecule has 0 aliphatic carbocycles. The molecule has 1 saturated heterocycles. The number of nitrogen functional groups attached to an aromatic ring is 1. The standard InChI is InChI=1S/C11H11FN4.C5H10O2/c1-4-7-9(12)8-5-14-11(13)15-16(8)10(7)6(2)3;6-5-2-1-3-7-4-5/h1,5-6H,2-3H3,(H2,13,15);5-6H,1-4H2. The Kier molecular flexibility index (Phi) is 5.53. The summed E-state index contributed by atoms with van der Waals surface area (Å²) in [6.07, 6.45) is 8.39. The summed E-state index contributed by atoms with van der Waals surface area (Å²) in [6.45, 7) is 5.21. The predicted octanol–water partition coefficient (Wildman–Crippen LogP) is 1.71. The van der Waals surface area contributed by atoms with E-state index in [4.69, 9.17) is 22.0 Å². The molecule has 2 aromatic heterocycles. The fraction of sp³-hybridized carbons (Fsp3) is 0.500. The Hall–Kier alpha value is -2.17. The van der Waals surface area contributed by atoms with Crippen molar-refractivity contribution < 1.29 is 14.2 Å². The molecule has 0 aromatic carbocycles. The second kappa shape index (κ2) is 7.40. The van der Waals surface area contributed by atoms with Gasteiger partial charge in [0.1, 0.15) is 5.52 Å². The first-order valence-corrected chi connectivity index (χ1v) is 7.50. The maximum absolute atomic E-state index is 13.9. The Morgan fingerprint density at radius 3 is 2.78 bits per heavy atom. The van der Waals surface area contributed by atoms with Crippen LogP contribution in [0.1, 0.15) is 43.9 Å². The highest BCUT2D eigenvalue weighted by Gasteiger charge is 2.20. The summed E-state index contributed by atoms with van der Waals surface area (Å²) < 4.78 is 20.3. The van der Waals surface area contributed by atoms with E-state index in [0.717, 1.165) is 19.4 Å². The quantitative estimate of drug-likeness (QED) is 0.781. The van der Waals surface area contributed by atoms with Crippen LogP contribution in [0, 0.1) is 18.2 Å². The Morgan fingerprint density at radius 1 is 1.57 bits per heavy atom. The molecule has 2 aromatic rings. The zero-order valence-corrected chi connectivity index (χ0v) is 13.3. The second-order valence-corrected chi connectivity index (χ2v) is 5.66. The zero-order chi connectivity index (χ0) is 17.0. The van der Waals surface area contributed by atoms with Gasteiger partial charge in [0.2, 0.25) is 5.95 Å². The van der Waals surface area contributed by atoms with Crippen LogP contribution in [0.5, 0.6) is 0 Å². The number of aromatic nitrogens is 3. The van der Waals surface area contributed by atoms with Crippen LogP contribution in [0.15, 0.2) is 6.20 Å². The predicted molar refractivity (Wildman–Crippen MR) is 85.4 cm³/mol. The molecule has 1 unspecified atom stereocenters. The van der Waals surface area contributed by atoms with Gasteiger partial charge >= 0.3 is 0 Å². The van der Waals surface area contributed by atoms with Crippen LogP contribution in [0.2, 0.25) is 0 Å². The number of aliphatic hydroxyl groups is 1. The van der Waals surface area contributed by atoms with E-state index in [0.29, 0.717) is 12.3 Å². The smallest absolute Gasteiger partial charge is 0.238 e. The van der Waals surface area contributed by atoms with Gasteiger partial charge in [0.15, 0.2) is 5.82 Å². The molecule has 6 nitrogen and oxygen atoms in total. The van der Waals surface area contributed by atoms with Crippen molar-refractivity contribution in [2.45, 2.75) is 38.7 Å². The van der Waals surface area contributed by atoms with Gasteiger partial charge in [0, 0.05) is 6.61 Å². The molecule has 0 amide bonds. The van der Waals surface area contributed by atoms with Crippen LogP contribution >= 0.6 is 0 Å². The number of ether oxygens (including phenoxy) is 1. The normalized spacial score (nSPS) is 17.7. The van der Waals surface area contributed by atoms with E-state index >= 15 is 0 Å². The molecule has 1 aliphatic rings. The summed E-state index contributed by atoms with van der Waals surface area (Å²) in [7, 11) is 0. The molecular formula is C16H21FN4O2. The number of nitrogens with zero attached hydrogens (tertiary/aromatic N) is 3. The van der Waals surface area contributed by atoms with Crippen LogP contribution in [0.25, 0.3) is 5.52 Å². The van der Waals surface area contributed by atoms with Crippen molar-refractivity contribution in [3.8, 4) is 12.3 Å². The molecule has 1 aliphatic heterocycles. The van der Waals surface area contributed by atoms with E-state index in [1.54, 1.807) is 0 Å². The third-order valence-electron chi connectivity index (χ3n) is 3.51. The van der Waals surface area contributed by atoms with Crippen LogP contribution in [0.3, 0.4) is 0 Å². The number of fused-ring (bicyclic) bond motifs is 1. The highest BCUT2D eigenvalue weighted by molar-refractivity contribution is 5.58. The lowest BCUT2D eigenvalue weighted by Crippen LogP contribution is -2.21. The fourth-order valence-corrected chi connectivity index (χ4v) is 2.44. The van der Waals surface area contributed by atoms with Crippen LogP contribution in [-0.2, 0) is 4.74 Å². The highest BCUT2D eigenvalue weighted by Crippen LogP contribution is 2.26. The largest absolute Gasteiger partial charge is 0.391 e. The zero-order valence-electron chi connectivity index (χ0n) is 13.3. The first-order valence-electron chi connectivity index (χ1n) is 7.50. The Balaban J connectivity index is 0.000000229. The van der Waals surface area contributed by atoms with E-state index in [1.807, 2.05) is 13.8 Å². The van der Waals surface area contributed by atoms with Crippen molar-refractivity contribution in [1.29, 1.82) is 0 Å². The Morgan fingerprint density at radius 2 is 2.30 bits per heavy atom. The molecule has 0 spiro atoms. The fourth-order valence-electron chi connectivity index (χ4n) is 2.44. The first kappa shape index (κ1) is 17.2. The number of hydrogen-bond acceptors (Lipinski definition) is 5. The van der Waals surface area contributed by atoms with Gasteiger partial charge in [-0.2, -0.15) is 0 Å². The van der Waals surface area contributed by atoms with Gasteiger partial charge < -0.3 is 15.6 Å². The summed E-state index contributed by atoms with van der Waals surface area (Å²) in [6, 6.07) is 0. The van der Waals surface area contributed by atoms with E-state index < -0.39 is 5.82 Å². The van der Waals surface area contributed by atoms with E-state index in [1.165, 1.54) is 10.7 Å². The lowest BCUT2D eigenvalue weighted by atomic mass is 10.1. The number of hydrogen-bond donors (Lipinski definition) is 2. The minimum Gasteiger partial charge on any atom is -0.391 e. The number of terminal acetylenes is 1. The van der Waals surface area contributed by atoms with Gasteiger partial charge in [-0.05, 0) is 18.8 Å². The molecule has 124 valence electrons. The van der Waals surface area contributed by atoms with Crippen molar-refractivity contribution in [2.24, 2.45) is 0 Å². The Bertz CT molecular complexity index is 715. The average molecular weight is 320 g/mol. The van der Waals surface area contributed by atoms with Crippen molar-refractivity contribution in [2.75, 3.05) is 18.9 Å². The summed E-state index contributed by atoms with van der Waals surface area (Å²) in [4.78, 5) is 3.75. The first-order chi connectivity index (χ1) is 11.0. The number of nitrogens with two attached hydrogens (primary N) is 1. The van der Waals surface area contributed by atoms with Gasteiger partial charge in [0.25, 0.3) is 0 Å². The monoisotopic (exact) mass is 320 g/mol. The average Bonchev–Trinajstić information content (AvgIpc) is 2.80. The maximum Gasteiger partial charge on any atom is 0.238 e. The van der Waals surface area contributed by atoms with Crippen molar-refractivity contribution in [3.05, 3.63) is 23.3 Å². The molecule has 3 heterocycles. The SMILES string of the molecule is C#Cc1c(F)c2cnc(N)nn2c1C(C)C.OC1CCCOC1. The molecule has 7 heteroatoms. The number of anilines is 1. The summed E-state index contributed by atoms with van der Waals surface area (Å²) in [5, 5.41) is 12.8. The third kappa shape index (κ3) is 3.78. The molecule has 0 saturated carbocycles. The molecule has 3 N–H and O–H groups in total. The van der Waals surface area contributed by atoms with Gasteiger partial charge in [-0.15, -0.1) is 11.5 Å². The van der Waals surface area contributed by atoms with Gasteiger partial charge in [0.05, 0.1) is 30.2 Å². The second-order valence-electron chi connectivity index (χ2n) is 5.66. The molecule has 1 atom stereocenters. The lowest BCUT2D eigenvalue weighted by Gasteiger charge is -2.15. The maximum atomic E-state index is 13.9. The Labute approximate surface area is 134 Å². The van der Waals surface area contributed by atoms with Gasteiger partial charge in [-0.1, -0.05) is 19.8 Å².